The molecule has 0 spiro atoms. The zero-order valence-electron chi connectivity index (χ0n) is 13.9. The second kappa shape index (κ2) is 7.21. The van der Waals surface area contributed by atoms with Crippen molar-refractivity contribution in [2.75, 3.05) is 20.2 Å². The topological polar surface area (TPSA) is 65.1 Å². The largest absolute Gasteiger partial charge is 0.467 e. The number of methoxy groups -OCH3 is 1. The summed E-state index contributed by atoms with van der Waals surface area (Å²) in [7, 11) is 1.38. The van der Waals surface area contributed by atoms with Gasteiger partial charge in [-0.1, -0.05) is 30.3 Å². The maximum Gasteiger partial charge on any atom is 0.410 e. The molecule has 3 rings (SSSR count). The number of carbonyl (C=O) groups is 2. The van der Waals surface area contributed by atoms with Crippen molar-refractivity contribution in [3.05, 3.63) is 35.9 Å². The number of likely N-dealkylation sites (tertiary alicyclic amines) is 1. The minimum atomic E-state index is -0.911. The molecule has 24 heavy (non-hydrogen) atoms. The lowest BCUT2D eigenvalue weighted by Gasteiger charge is -2.39. The number of hydrogen-bond acceptors (Lipinski definition) is 5. The standard InChI is InChI=1S/C18H23NO5/c1-22-16(20)18(24-15-7-8-15)9-11-19(12-10-18)17(21)23-13-14-5-3-2-4-6-14/h2-6,15H,7-13H2,1H3. The minimum absolute atomic E-state index is 0.153. The van der Waals surface area contributed by atoms with E-state index in [4.69, 9.17) is 14.2 Å². The van der Waals surface area contributed by atoms with Gasteiger partial charge in [0.15, 0.2) is 5.60 Å². The zero-order chi connectivity index (χ0) is 17.0. The summed E-state index contributed by atoms with van der Waals surface area (Å²) in [6, 6.07) is 9.56. The molecule has 1 saturated heterocycles. The van der Waals surface area contributed by atoms with Gasteiger partial charge in [-0.3, -0.25) is 0 Å². The zero-order valence-corrected chi connectivity index (χ0v) is 13.9. The van der Waals surface area contributed by atoms with Crippen molar-refractivity contribution in [2.45, 2.75) is 44.0 Å². The van der Waals surface area contributed by atoms with E-state index < -0.39 is 5.60 Å². The summed E-state index contributed by atoms with van der Waals surface area (Å²) in [6.45, 7) is 1.10. The lowest BCUT2D eigenvalue weighted by molar-refractivity contribution is -0.178. The van der Waals surface area contributed by atoms with Crippen molar-refractivity contribution < 1.29 is 23.8 Å². The van der Waals surface area contributed by atoms with E-state index in [9.17, 15) is 9.59 Å². The van der Waals surface area contributed by atoms with Crippen LogP contribution >= 0.6 is 0 Å². The Balaban J connectivity index is 1.53. The van der Waals surface area contributed by atoms with Gasteiger partial charge < -0.3 is 19.1 Å². The number of nitrogens with zero attached hydrogens (tertiary/aromatic N) is 1. The van der Waals surface area contributed by atoms with E-state index in [1.54, 1.807) is 4.90 Å². The normalized spacial score (nSPS) is 19.6. The van der Waals surface area contributed by atoms with Crippen LogP contribution in [0.25, 0.3) is 0 Å². The van der Waals surface area contributed by atoms with Crippen LogP contribution in [0.3, 0.4) is 0 Å². The quantitative estimate of drug-likeness (QED) is 0.775. The number of esters is 1. The molecule has 1 heterocycles. The van der Waals surface area contributed by atoms with E-state index in [0.29, 0.717) is 25.9 Å². The van der Waals surface area contributed by atoms with Crippen molar-refractivity contribution in [2.24, 2.45) is 0 Å². The molecule has 0 bridgehead atoms. The van der Waals surface area contributed by atoms with E-state index in [1.807, 2.05) is 30.3 Å². The number of benzene rings is 1. The van der Waals surface area contributed by atoms with Crippen LogP contribution in [0, 0.1) is 0 Å². The van der Waals surface area contributed by atoms with Crippen molar-refractivity contribution in [1.29, 1.82) is 0 Å². The van der Waals surface area contributed by atoms with Crippen LogP contribution in [0.15, 0.2) is 30.3 Å². The fourth-order valence-corrected chi connectivity index (χ4v) is 2.92. The monoisotopic (exact) mass is 333 g/mol. The maximum absolute atomic E-state index is 12.2. The molecule has 0 N–H and O–H groups in total. The van der Waals surface area contributed by atoms with E-state index in [-0.39, 0.29) is 24.8 Å². The second-order valence-corrected chi connectivity index (χ2v) is 6.33. The summed E-state index contributed by atoms with van der Waals surface area (Å²) in [5.74, 6) is -0.341. The molecule has 0 unspecified atom stereocenters. The van der Waals surface area contributed by atoms with Gasteiger partial charge in [0, 0.05) is 25.9 Å². The van der Waals surface area contributed by atoms with Crippen LogP contribution in [0.2, 0.25) is 0 Å². The predicted molar refractivity (Wildman–Crippen MR) is 86.3 cm³/mol. The third-order valence-corrected chi connectivity index (χ3v) is 4.51. The number of piperidine rings is 1. The smallest absolute Gasteiger partial charge is 0.410 e. The van der Waals surface area contributed by atoms with Crippen LogP contribution in [0.4, 0.5) is 4.79 Å². The Labute approximate surface area is 141 Å². The van der Waals surface area contributed by atoms with Crippen LogP contribution in [0.5, 0.6) is 0 Å². The molecule has 1 aromatic rings. The summed E-state index contributed by atoms with van der Waals surface area (Å²) in [4.78, 5) is 26.0. The van der Waals surface area contributed by atoms with Gasteiger partial charge in [0.2, 0.25) is 0 Å². The number of carbonyl (C=O) groups excluding carboxylic acids is 2. The lowest BCUT2D eigenvalue weighted by atomic mass is 9.91. The molecular weight excluding hydrogens is 310 g/mol. The van der Waals surface area contributed by atoms with E-state index in [2.05, 4.69) is 0 Å². The van der Waals surface area contributed by atoms with Gasteiger partial charge in [0.1, 0.15) is 6.61 Å². The number of hydrogen-bond donors (Lipinski definition) is 0. The maximum atomic E-state index is 12.2. The fourth-order valence-electron chi connectivity index (χ4n) is 2.92. The molecule has 1 saturated carbocycles. The van der Waals surface area contributed by atoms with Gasteiger partial charge in [0.05, 0.1) is 13.2 Å². The molecule has 1 aliphatic heterocycles. The fraction of sp³-hybridized carbons (Fsp3) is 0.556. The summed E-state index contributed by atoms with van der Waals surface area (Å²) >= 11 is 0. The number of amides is 1. The third kappa shape index (κ3) is 3.87. The highest BCUT2D eigenvalue weighted by molar-refractivity contribution is 5.80. The highest BCUT2D eigenvalue weighted by Crippen LogP contribution is 2.36. The average molecular weight is 333 g/mol. The first-order chi connectivity index (χ1) is 11.6. The Bertz CT molecular complexity index is 576. The molecule has 1 amide bonds. The van der Waals surface area contributed by atoms with Gasteiger partial charge in [-0.05, 0) is 18.4 Å². The molecule has 6 nitrogen and oxygen atoms in total. The molecule has 1 aromatic carbocycles. The molecule has 0 radical (unpaired) electrons. The van der Waals surface area contributed by atoms with Crippen LogP contribution in [0.1, 0.15) is 31.2 Å². The first-order valence-corrected chi connectivity index (χ1v) is 8.35. The number of ether oxygens (including phenoxy) is 3. The summed E-state index contributed by atoms with van der Waals surface area (Å²) < 4.78 is 16.2. The first kappa shape index (κ1) is 16.8. The Morgan fingerprint density at radius 1 is 1.17 bits per heavy atom. The SMILES string of the molecule is COC(=O)C1(OC2CC2)CCN(C(=O)OCc2ccccc2)CC1. The molecule has 0 atom stereocenters. The van der Waals surface area contributed by atoms with Crippen molar-refractivity contribution in [3.63, 3.8) is 0 Å². The van der Waals surface area contributed by atoms with Gasteiger partial charge in [-0.25, -0.2) is 9.59 Å². The average Bonchev–Trinajstić information content (AvgIpc) is 3.44. The second-order valence-electron chi connectivity index (χ2n) is 6.33. The molecule has 2 aliphatic rings. The van der Waals surface area contributed by atoms with Gasteiger partial charge >= 0.3 is 12.1 Å². The summed E-state index contributed by atoms with van der Waals surface area (Å²) in [5, 5.41) is 0. The van der Waals surface area contributed by atoms with Gasteiger partial charge in [-0.15, -0.1) is 0 Å². The highest BCUT2D eigenvalue weighted by atomic mass is 16.6. The molecule has 1 aliphatic carbocycles. The highest BCUT2D eigenvalue weighted by Gasteiger charge is 2.48. The Morgan fingerprint density at radius 2 is 1.83 bits per heavy atom. The summed E-state index contributed by atoms with van der Waals surface area (Å²) in [6.07, 6.45) is 2.65. The Hall–Kier alpha value is -2.08. The van der Waals surface area contributed by atoms with Crippen molar-refractivity contribution in [3.8, 4) is 0 Å². The Morgan fingerprint density at radius 3 is 2.42 bits per heavy atom. The lowest BCUT2D eigenvalue weighted by Crippen LogP contribution is -2.53. The molecule has 130 valence electrons. The van der Waals surface area contributed by atoms with Gasteiger partial charge in [-0.2, -0.15) is 0 Å². The third-order valence-electron chi connectivity index (χ3n) is 4.51. The van der Waals surface area contributed by atoms with Crippen LogP contribution < -0.4 is 0 Å². The van der Waals surface area contributed by atoms with Crippen LogP contribution in [-0.4, -0.2) is 48.9 Å². The number of rotatable bonds is 5. The molecule has 0 aromatic heterocycles. The molecular formula is C18H23NO5. The predicted octanol–water partition coefficient (Wildman–Crippen LogP) is 2.51. The first-order valence-electron chi connectivity index (χ1n) is 8.35. The van der Waals surface area contributed by atoms with Gasteiger partial charge in [0.25, 0.3) is 0 Å². The van der Waals surface area contributed by atoms with E-state index >= 15 is 0 Å². The molecule has 6 heteroatoms. The molecule has 2 fully saturated rings. The Kier molecular flexibility index (Phi) is 5.04. The van der Waals surface area contributed by atoms with Crippen molar-refractivity contribution in [1.82, 2.24) is 4.90 Å². The van der Waals surface area contributed by atoms with E-state index in [1.165, 1.54) is 7.11 Å². The van der Waals surface area contributed by atoms with Crippen LogP contribution in [-0.2, 0) is 25.6 Å². The minimum Gasteiger partial charge on any atom is -0.467 e. The van der Waals surface area contributed by atoms with E-state index in [0.717, 1.165) is 18.4 Å². The van der Waals surface area contributed by atoms with Crippen molar-refractivity contribution >= 4 is 12.1 Å². The summed E-state index contributed by atoms with van der Waals surface area (Å²) in [5.41, 5.74) is 0.0374.